The maximum atomic E-state index is 10.7. The third-order valence-corrected chi connectivity index (χ3v) is 6.09. The zero-order valence-corrected chi connectivity index (χ0v) is 10.3. The fourth-order valence-corrected chi connectivity index (χ4v) is 3.93. The molecule has 0 saturated carbocycles. The third kappa shape index (κ3) is 3.27. The summed E-state index contributed by atoms with van der Waals surface area (Å²) < 4.78 is 0. The van der Waals surface area contributed by atoms with Gasteiger partial charge in [0.15, 0.2) is 0 Å². The minimum Gasteiger partial charge on any atom is -0.281 e. The lowest BCUT2D eigenvalue weighted by molar-refractivity contribution is -0.111. The van der Waals surface area contributed by atoms with E-state index in [1.165, 1.54) is 5.19 Å². The molecule has 1 rings (SSSR count). The second-order valence-electron chi connectivity index (χ2n) is 4.11. The van der Waals surface area contributed by atoms with Gasteiger partial charge in [0.1, 0.15) is 0 Å². The van der Waals surface area contributed by atoms with E-state index in [2.05, 4.69) is 25.2 Å². The predicted octanol–water partition coefficient (Wildman–Crippen LogP) is 2.76. The number of hydrogen-bond acceptors (Lipinski definition) is 1. The van der Waals surface area contributed by atoms with Crippen molar-refractivity contribution in [3.05, 3.63) is 30.3 Å². The van der Waals surface area contributed by atoms with Crippen molar-refractivity contribution in [1.82, 2.24) is 0 Å². The van der Waals surface area contributed by atoms with Gasteiger partial charge in [-0.3, -0.25) is 4.79 Å². The lowest BCUT2D eigenvalue weighted by Crippen LogP contribution is -2.41. The molecule has 0 spiro atoms. The first-order valence-electron chi connectivity index (χ1n) is 4.76. The Kier molecular flexibility index (Phi) is 3.90. The Hall–Kier alpha value is -0.603. The Bertz CT molecular complexity index is 308. The number of benzene rings is 1. The highest BCUT2D eigenvalue weighted by atomic mass is 35.5. The summed E-state index contributed by atoms with van der Waals surface area (Å²) in [7, 11) is -1.45. The summed E-state index contributed by atoms with van der Waals surface area (Å²) >= 11 is 5.35. The van der Waals surface area contributed by atoms with Gasteiger partial charge in [-0.1, -0.05) is 48.6 Å². The molecule has 76 valence electrons. The molecule has 1 aromatic rings. The largest absolute Gasteiger partial charge is 0.281 e. The summed E-state index contributed by atoms with van der Waals surface area (Å²) in [6, 6.07) is 11.3. The van der Waals surface area contributed by atoms with E-state index >= 15 is 0 Å². The number of carbonyl (C=O) groups excluding carboxylic acids is 1. The highest BCUT2D eigenvalue weighted by Crippen LogP contribution is 2.13. The molecule has 3 heteroatoms. The minimum atomic E-state index is -1.45. The van der Waals surface area contributed by atoms with Crippen LogP contribution in [0.5, 0.6) is 0 Å². The summed E-state index contributed by atoms with van der Waals surface area (Å²) in [6.07, 6.45) is 0.496. The van der Waals surface area contributed by atoms with E-state index in [-0.39, 0.29) is 5.24 Å². The third-order valence-electron chi connectivity index (χ3n) is 2.50. The van der Waals surface area contributed by atoms with Gasteiger partial charge in [-0.05, 0) is 17.6 Å². The van der Waals surface area contributed by atoms with Crippen molar-refractivity contribution < 1.29 is 4.79 Å². The number of halogens is 1. The maximum Gasteiger partial charge on any atom is 0.221 e. The van der Waals surface area contributed by atoms with E-state index in [1.54, 1.807) is 0 Å². The van der Waals surface area contributed by atoms with Crippen LogP contribution in [0.3, 0.4) is 0 Å². The lowest BCUT2D eigenvalue weighted by Gasteiger charge is -2.21. The van der Waals surface area contributed by atoms with Crippen LogP contribution in [0.15, 0.2) is 30.3 Å². The van der Waals surface area contributed by atoms with Crippen molar-refractivity contribution in [2.45, 2.75) is 25.6 Å². The quantitative estimate of drug-likeness (QED) is 0.570. The maximum absolute atomic E-state index is 10.7. The van der Waals surface area contributed by atoms with Gasteiger partial charge in [-0.25, -0.2) is 0 Å². The van der Waals surface area contributed by atoms with Crippen molar-refractivity contribution in [2.24, 2.45) is 0 Å². The van der Waals surface area contributed by atoms with E-state index in [4.69, 9.17) is 11.6 Å². The molecule has 0 fully saturated rings. The van der Waals surface area contributed by atoms with Crippen LogP contribution in [0.2, 0.25) is 19.1 Å². The molecule has 0 aliphatic carbocycles. The van der Waals surface area contributed by atoms with Crippen LogP contribution in [0.25, 0.3) is 0 Å². The summed E-state index contributed by atoms with van der Waals surface area (Å²) in [5.41, 5.74) is 0. The zero-order chi connectivity index (χ0) is 10.6. The minimum absolute atomic E-state index is 0.221. The summed E-state index contributed by atoms with van der Waals surface area (Å²) in [5, 5.41) is 1.17. The van der Waals surface area contributed by atoms with E-state index < -0.39 is 8.07 Å². The van der Waals surface area contributed by atoms with Gasteiger partial charge in [0.2, 0.25) is 5.24 Å². The van der Waals surface area contributed by atoms with E-state index in [0.717, 1.165) is 6.04 Å². The standard InChI is InChI=1S/C11H15ClOSi/c1-14(2,9-8-11(12)13)10-6-4-3-5-7-10/h3-7H,8-9H2,1-2H3. The van der Waals surface area contributed by atoms with Crippen LogP contribution < -0.4 is 5.19 Å². The second-order valence-corrected chi connectivity index (χ2v) is 9.37. The molecular formula is C11H15ClOSi. The topological polar surface area (TPSA) is 17.1 Å². The highest BCUT2D eigenvalue weighted by Gasteiger charge is 2.23. The van der Waals surface area contributed by atoms with Crippen molar-refractivity contribution in [3.63, 3.8) is 0 Å². The van der Waals surface area contributed by atoms with Gasteiger partial charge in [-0.15, -0.1) is 0 Å². The van der Waals surface area contributed by atoms with Gasteiger partial charge >= 0.3 is 0 Å². The molecule has 0 atom stereocenters. The van der Waals surface area contributed by atoms with Crippen molar-refractivity contribution >= 4 is 30.1 Å². The Morgan fingerprint density at radius 1 is 1.29 bits per heavy atom. The zero-order valence-electron chi connectivity index (χ0n) is 8.59. The van der Waals surface area contributed by atoms with Crippen molar-refractivity contribution in [2.75, 3.05) is 0 Å². The van der Waals surface area contributed by atoms with Crippen LogP contribution in [0, 0.1) is 0 Å². The van der Waals surface area contributed by atoms with Crippen LogP contribution >= 0.6 is 11.6 Å². The number of rotatable bonds is 4. The van der Waals surface area contributed by atoms with Gasteiger partial charge in [0, 0.05) is 6.42 Å². The Labute approximate surface area is 91.1 Å². The van der Waals surface area contributed by atoms with E-state index in [0.29, 0.717) is 6.42 Å². The first-order chi connectivity index (χ1) is 6.52. The van der Waals surface area contributed by atoms with Crippen LogP contribution in [-0.4, -0.2) is 13.3 Å². The molecule has 14 heavy (non-hydrogen) atoms. The molecule has 0 aliphatic rings. The molecule has 0 aromatic heterocycles. The summed E-state index contributed by atoms with van der Waals surface area (Å²) in [4.78, 5) is 10.7. The second kappa shape index (κ2) is 4.76. The fourth-order valence-electron chi connectivity index (χ4n) is 1.44. The molecule has 1 aromatic carbocycles. The van der Waals surface area contributed by atoms with Crippen molar-refractivity contribution in [3.8, 4) is 0 Å². The number of carbonyl (C=O) groups is 1. The molecule has 0 radical (unpaired) electrons. The Morgan fingerprint density at radius 2 is 1.86 bits per heavy atom. The molecule has 0 unspecified atom stereocenters. The first-order valence-corrected chi connectivity index (χ1v) is 8.35. The van der Waals surface area contributed by atoms with Crippen LogP contribution in [0.4, 0.5) is 0 Å². The molecule has 1 nitrogen and oxygen atoms in total. The molecule has 0 N–H and O–H groups in total. The predicted molar refractivity (Wildman–Crippen MR) is 63.8 cm³/mol. The molecule has 0 heterocycles. The molecule has 0 saturated heterocycles. The van der Waals surface area contributed by atoms with Gasteiger partial charge in [-0.2, -0.15) is 0 Å². The Morgan fingerprint density at radius 3 is 2.36 bits per heavy atom. The SMILES string of the molecule is C[Si](C)(CCC(=O)Cl)c1ccccc1. The average Bonchev–Trinajstić information content (AvgIpc) is 2.16. The number of hydrogen-bond donors (Lipinski definition) is 0. The van der Waals surface area contributed by atoms with E-state index in [9.17, 15) is 4.79 Å². The monoisotopic (exact) mass is 226 g/mol. The van der Waals surface area contributed by atoms with Gasteiger partial charge < -0.3 is 0 Å². The molecular weight excluding hydrogens is 212 g/mol. The molecule has 0 bridgehead atoms. The highest BCUT2D eigenvalue weighted by molar-refractivity contribution is 6.90. The van der Waals surface area contributed by atoms with Crippen LogP contribution in [0.1, 0.15) is 6.42 Å². The van der Waals surface area contributed by atoms with Gasteiger partial charge in [0.05, 0.1) is 8.07 Å². The smallest absolute Gasteiger partial charge is 0.221 e. The Balaban J connectivity index is 2.70. The average molecular weight is 227 g/mol. The van der Waals surface area contributed by atoms with Gasteiger partial charge in [0.25, 0.3) is 0 Å². The summed E-state index contributed by atoms with van der Waals surface area (Å²) in [5.74, 6) is 0. The normalized spacial score (nSPS) is 11.4. The fraction of sp³-hybridized carbons (Fsp3) is 0.364. The van der Waals surface area contributed by atoms with E-state index in [1.807, 2.05) is 18.2 Å². The molecule has 0 aliphatic heterocycles. The molecule has 0 amide bonds. The first kappa shape index (κ1) is 11.5. The summed E-state index contributed by atoms with van der Waals surface area (Å²) in [6.45, 7) is 4.53. The lowest BCUT2D eigenvalue weighted by atomic mass is 10.4. The van der Waals surface area contributed by atoms with Crippen LogP contribution in [-0.2, 0) is 4.79 Å². The van der Waals surface area contributed by atoms with Crippen molar-refractivity contribution in [1.29, 1.82) is 0 Å².